The maximum absolute atomic E-state index is 10.7. The summed E-state index contributed by atoms with van der Waals surface area (Å²) in [6, 6.07) is 3.56. The van der Waals surface area contributed by atoms with Gasteiger partial charge in [0, 0.05) is 29.7 Å². The molecule has 0 spiro atoms. The van der Waals surface area contributed by atoms with E-state index in [1.807, 2.05) is 18.3 Å². The summed E-state index contributed by atoms with van der Waals surface area (Å²) in [5, 5.41) is 117. The monoisotopic (exact) mass is 548 g/mol. The number of urea groups is 1. The molecule has 2 heterocycles. The highest BCUT2D eigenvalue weighted by atomic mass is 16.8. The van der Waals surface area contributed by atoms with E-state index in [1.54, 1.807) is 0 Å². The highest BCUT2D eigenvalue weighted by Crippen LogP contribution is 2.41. The molecule has 18 nitrogen and oxygen atoms in total. The SMILES string of the molecule is NC(=O)N(C(O)(O)C(O)(O)O)C(O)(O)C(O)(O)O.OC(O)(O)N1CCC=C2c3cccc4[nH]cc(c34)CC21. The molecule has 2 amide bonds. The number of primary amides is 1. The van der Waals surface area contributed by atoms with Crippen LogP contribution in [0.2, 0.25) is 0 Å². The number of carbonyl (C=O) groups is 1. The van der Waals surface area contributed by atoms with Crippen molar-refractivity contribution in [2.45, 2.75) is 48.7 Å². The molecule has 1 aliphatic carbocycles. The number of hydrogen-bond acceptors (Lipinski definition) is 15. The Balaban J connectivity index is 0.000000213. The molecule has 1 unspecified atom stereocenters. The van der Waals surface area contributed by atoms with Crippen molar-refractivity contribution in [2.75, 3.05) is 6.54 Å². The van der Waals surface area contributed by atoms with Gasteiger partial charge in [-0.3, -0.25) is 0 Å². The van der Waals surface area contributed by atoms with Gasteiger partial charge in [-0.2, -0.15) is 0 Å². The lowest BCUT2D eigenvalue weighted by Gasteiger charge is -2.45. The average molecular weight is 548 g/mol. The van der Waals surface area contributed by atoms with Gasteiger partial charge in [-0.15, -0.1) is 0 Å². The minimum absolute atomic E-state index is 0.211. The second-order valence-corrected chi connectivity index (χ2v) is 8.72. The first-order valence-corrected chi connectivity index (χ1v) is 10.7. The van der Waals surface area contributed by atoms with E-state index < -0.39 is 40.8 Å². The third-order valence-corrected chi connectivity index (χ3v) is 6.11. The molecule has 0 saturated carbocycles. The van der Waals surface area contributed by atoms with E-state index in [0.717, 1.165) is 22.2 Å². The largest absolute Gasteiger partial charge is 0.361 e. The highest BCUT2D eigenvalue weighted by molar-refractivity contribution is 5.98. The van der Waals surface area contributed by atoms with Gasteiger partial charge in [0.2, 0.25) is 0 Å². The smallest absolute Gasteiger partial charge is 0.355 e. The van der Waals surface area contributed by atoms with Gasteiger partial charge >= 0.3 is 35.9 Å². The zero-order valence-electron chi connectivity index (χ0n) is 19.3. The van der Waals surface area contributed by atoms with Crippen molar-refractivity contribution in [1.82, 2.24) is 14.8 Å². The fourth-order valence-corrected chi connectivity index (χ4v) is 4.38. The fourth-order valence-electron chi connectivity index (χ4n) is 4.38. The Kier molecular flexibility index (Phi) is 7.40. The molecule has 0 bridgehead atoms. The molecule has 2 aliphatic rings. The molecule has 16 N–H and O–H groups in total. The highest BCUT2D eigenvalue weighted by Gasteiger charge is 2.66. The van der Waals surface area contributed by atoms with Crippen molar-refractivity contribution in [3.8, 4) is 0 Å². The van der Waals surface area contributed by atoms with E-state index in [1.165, 1.54) is 10.3 Å². The van der Waals surface area contributed by atoms with Crippen molar-refractivity contribution in [3.63, 3.8) is 0 Å². The lowest BCUT2D eigenvalue weighted by Crippen LogP contribution is -2.78. The molecule has 1 aromatic carbocycles. The van der Waals surface area contributed by atoms with Crippen LogP contribution in [0.4, 0.5) is 4.79 Å². The summed E-state index contributed by atoms with van der Waals surface area (Å²) in [5.41, 5.74) is 8.80. The van der Waals surface area contributed by atoms with Gasteiger partial charge in [0.05, 0.1) is 0 Å². The molecule has 212 valence electrons. The minimum Gasteiger partial charge on any atom is -0.361 e. The van der Waals surface area contributed by atoms with E-state index in [4.69, 9.17) is 51.1 Å². The van der Waals surface area contributed by atoms with Crippen molar-refractivity contribution >= 4 is 22.5 Å². The number of aliphatic hydroxyl groups is 13. The summed E-state index contributed by atoms with van der Waals surface area (Å²) >= 11 is 0. The molecule has 1 atom stereocenters. The average Bonchev–Trinajstić information content (AvgIpc) is 3.15. The van der Waals surface area contributed by atoms with Gasteiger partial charge in [0.1, 0.15) is 0 Å². The molecule has 0 saturated heterocycles. The van der Waals surface area contributed by atoms with Crippen LogP contribution in [0.5, 0.6) is 0 Å². The third-order valence-electron chi connectivity index (χ3n) is 6.11. The fraction of sp³-hybridized carbons (Fsp3) is 0.450. The van der Waals surface area contributed by atoms with Crippen molar-refractivity contribution in [2.24, 2.45) is 5.73 Å². The first kappa shape index (κ1) is 29.8. The van der Waals surface area contributed by atoms with E-state index in [-0.39, 0.29) is 6.04 Å². The molecule has 0 radical (unpaired) electrons. The number of benzene rings is 1. The van der Waals surface area contributed by atoms with E-state index in [9.17, 15) is 20.1 Å². The van der Waals surface area contributed by atoms with Crippen molar-refractivity contribution in [1.29, 1.82) is 0 Å². The van der Waals surface area contributed by atoms with Crippen LogP contribution < -0.4 is 5.73 Å². The van der Waals surface area contributed by atoms with Crippen LogP contribution >= 0.6 is 0 Å². The van der Waals surface area contributed by atoms with Crippen molar-refractivity contribution < 1.29 is 71.2 Å². The molecular formula is C20H28N4O14. The van der Waals surface area contributed by atoms with Gasteiger partial charge in [0.15, 0.2) is 0 Å². The second-order valence-electron chi connectivity index (χ2n) is 8.72. The van der Waals surface area contributed by atoms with Crippen LogP contribution in [-0.4, -0.2) is 130 Å². The van der Waals surface area contributed by atoms with Gasteiger partial charge in [0.25, 0.3) is 0 Å². The van der Waals surface area contributed by atoms with Gasteiger partial charge in [-0.05, 0) is 35.6 Å². The minimum atomic E-state index is -4.64. The Labute approximate surface area is 211 Å². The summed E-state index contributed by atoms with van der Waals surface area (Å²) in [6.07, 6.45) is 2.67. The quantitative estimate of drug-likeness (QED) is 0.154. The topological polar surface area (TPSA) is 328 Å². The number of hydrogen-bond donors (Lipinski definition) is 15. The molecule has 0 fully saturated rings. The second kappa shape index (κ2) is 9.44. The number of aromatic amines is 1. The predicted molar refractivity (Wildman–Crippen MR) is 119 cm³/mol. The van der Waals surface area contributed by atoms with Crippen LogP contribution in [0.3, 0.4) is 0 Å². The third kappa shape index (κ3) is 5.10. The number of aromatic nitrogens is 1. The number of H-pyrrole nitrogens is 1. The Hall–Kier alpha value is -2.79. The Morgan fingerprint density at radius 2 is 1.47 bits per heavy atom. The van der Waals surface area contributed by atoms with Crippen LogP contribution in [0, 0.1) is 0 Å². The Bertz CT molecular complexity index is 1190. The molecule has 4 rings (SSSR count). The maximum atomic E-state index is 10.7. The van der Waals surface area contributed by atoms with E-state index in [2.05, 4.69) is 22.9 Å². The molecule has 18 heteroatoms. The Morgan fingerprint density at radius 1 is 0.921 bits per heavy atom. The number of carbonyl (C=O) groups excluding carboxylic acids is 1. The lowest BCUT2D eigenvalue weighted by atomic mass is 9.82. The summed E-state index contributed by atoms with van der Waals surface area (Å²) in [5.74, 6) is -18.5. The molecule has 2 aromatic rings. The predicted octanol–water partition coefficient (Wildman–Crippen LogP) is -6.32. The zero-order chi connectivity index (χ0) is 29.1. The number of nitrogens with zero attached hydrogens (tertiary/aromatic N) is 2. The Morgan fingerprint density at radius 3 is 1.95 bits per heavy atom. The van der Waals surface area contributed by atoms with Crippen molar-refractivity contribution in [3.05, 3.63) is 41.6 Å². The lowest BCUT2D eigenvalue weighted by molar-refractivity contribution is -0.550. The van der Waals surface area contributed by atoms with E-state index in [0.29, 0.717) is 19.4 Å². The van der Waals surface area contributed by atoms with Gasteiger partial charge in [-0.1, -0.05) is 18.2 Å². The summed E-state index contributed by atoms with van der Waals surface area (Å²) in [7, 11) is 0. The zero-order valence-corrected chi connectivity index (χ0v) is 19.3. The number of nitrogens with one attached hydrogen (secondary N) is 1. The van der Waals surface area contributed by atoms with Crippen LogP contribution in [-0.2, 0) is 6.42 Å². The number of amides is 2. The number of fused-ring (bicyclic) bond motifs is 2. The van der Waals surface area contributed by atoms with Crippen LogP contribution in [0.1, 0.15) is 17.5 Å². The molecule has 38 heavy (non-hydrogen) atoms. The first-order chi connectivity index (χ1) is 17.1. The summed E-state index contributed by atoms with van der Waals surface area (Å²) in [6.45, 7) is 0.424. The first-order valence-electron chi connectivity index (χ1n) is 10.7. The van der Waals surface area contributed by atoms with Crippen LogP contribution in [0.25, 0.3) is 16.5 Å². The normalized spacial score (nSPS) is 18.9. The summed E-state index contributed by atoms with van der Waals surface area (Å²) < 4.78 is 0. The van der Waals surface area contributed by atoms with Crippen LogP contribution in [0.15, 0.2) is 30.5 Å². The molecule has 1 aromatic heterocycles. The molecule has 1 aliphatic heterocycles. The standard InChI is InChI=1S/C15H16N2O3.C5H12N2O11/c18-15(19,20)17-6-2-4-10-11-3-1-5-12-14(11)9(8-16-12)7-13(10)17;6-1(8)7(2(9,10)4(13,14)15)3(11,12)5(16,17)18/h1,3-5,8,13,16,18-20H,2,6-7H2;9-18H,(H2,6,8). The maximum Gasteiger partial charge on any atom is 0.355 e. The van der Waals surface area contributed by atoms with Gasteiger partial charge in [-0.25, -0.2) is 14.6 Å². The number of rotatable bonds is 5. The van der Waals surface area contributed by atoms with Gasteiger partial charge < -0.3 is 77.1 Å². The molecular weight excluding hydrogens is 520 g/mol. The summed E-state index contributed by atoms with van der Waals surface area (Å²) in [4.78, 5) is 13.9. The number of nitrogens with two attached hydrogens (primary N) is 1. The van der Waals surface area contributed by atoms with E-state index >= 15 is 0 Å².